The Morgan fingerprint density at radius 3 is 2.90 bits per heavy atom. The van der Waals surface area contributed by atoms with E-state index in [2.05, 4.69) is 9.98 Å². The number of nitrogens with zero attached hydrogens (tertiary/aromatic N) is 3. The first-order valence-corrected chi connectivity index (χ1v) is 6.36. The summed E-state index contributed by atoms with van der Waals surface area (Å²) in [5.41, 5.74) is 3.88. The maximum atomic E-state index is 5.30. The number of aliphatic imine (C=N–C) groups is 1. The zero-order valence-corrected chi connectivity index (χ0v) is 11.4. The lowest BCUT2D eigenvalue weighted by Crippen LogP contribution is -1.89. The Kier molecular flexibility index (Phi) is 3.21. The van der Waals surface area contributed by atoms with Crippen LogP contribution in [-0.2, 0) is 7.05 Å². The quantitative estimate of drug-likeness (QED) is 0.681. The van der Waals surface area contributed by atoms with Crippen molar-refractivity contribution in [3.05, 3.63) is 54.4 Å². The molecule has 1 aromatic heterocycles. The summed E-state index contributed by atoms with van der Waals surface area (Å²) < 4.78 is 7.29. The van der Waals surface area contributed by atoms with Crippen molar-refractivity contribution in [2.75, 3.05) is 7.11 Å². The van der Waals surface area contributed by atoms with Gasteiger partial charge in [-0.3, -0.25) is 4.99 Å². The van der Waals surface area contributed by atoms with E-state index in [1.807, 2.05) is 60.3 Å². The van der Waals surface area contributed by atoms with Crippen LogP contribution < -0.4 is 4.74 Å². The highest BCUT2D eigenvalue weighted by Gasteiger charge is 2.01. The SMILES string of the molecule is COc1ccccc1C=Nc1ccc2c(c1)ncn2C. The van der Waals surface area contributed by atoms with Gasteiger partial charge in [0.05, 0.1) is 30.2 Å². The third kappa shape index (κ3) is 2.28. The summed E-state index contributed by atoms with van der Waals surface area (Å²) >= 11 is 0. The maximum Gasteiger partial charge on any atom is 0.127 e. The van der Waals surface area contributed by atoms with E-state index < -0.39 is 0 Å². The fraction of sp³-hybridized carbons (Fsp3) is 0.125. The van der Waals surface area contributed by atoms with Crippen LogP contribution in [0.1, 0.15) is 5.56 Å². The van der Waals surface area contributed by atoms with Crippen LogP contribution in [0.2, 0.25) is 0 Å². The molecule has 0 N–H and O–H groups in total. The molecule has 1 heterocycles. The standard InChI is InChI=1S/C16H15N3O/c1-19-11-18-14-9-13(7-8-15(14)19)17-10-12-5-3-4-6-16(12)20-2/h3-11H,1-2H3. The zero-order valence-electron chi connectivity index (χ0n) is 11.4. The summed E-state index contributed by atoms with van der Waals surface area (Å²) in [4.78, 5) is 8.82. The molecule has 0 atom stereocenters. The second-order valence-electron chi connectivity index (χ2n) is 4.53. The molecule has 0 spiro atoms. The number of aromatic nitrogens is 2. The van der Waals surface area contributed by atoms with Gasteiger partial charge in [0.2, 0.25) is 0 Å². The predicted octanol–water partition coefficient (Wildman–Crippen LogP) is 3.33. The summed E-state index contributed by atoms with van der Waals surface area (Å²) in [6, 6.07) is 13.8. The Hall–Kier alpha value is -2.62. The van der Waals surface area contributed by atoms with E-state index in [-0.39, 0.29) is 0 Å². The van der Waals surface area contributed by atoms with Gasteiger partial charge in [0.15, 0.2) is 0 Å². The molecule has 0 aliphatic carbocycles. The van der Waals surface area contributed by atoms with Gasteiger partial charge < -0.3 is 9.30 Å². The van der Waals surface area contributed by atoms with Gasteiger partial charge in [-0.2, -0.15) is 0 Å². The highest BCUT2D eigenvalue weighted by molar-refractivity contribution is 5.87. The summed E-state index contributed by atoms with van der Waals surface area (Å²) in [6.45, 7) is 0. The van der Waals surface area contributed by atoms with Crippen molar-refractivity contribution in [3.8, 4) is 5.75 Å². The molecule has 0 aliphatic rings. The molecule has 4 heteroatoms. The lowest BCUT2D eigenvalue weighted by Gasteiger charge is -2.02. The van der Waals surface area contributed by atoms with Crippen molar-refractivity contribution in [1.29, 1.82) is 0 Å². The molecule has 0 radical (unpaired) electrons. The molecule has 2 aromatic carbocycles. The molecule has 0 aliphatic heterocycles. The highest BCUT2D eigenvalue weighted by atomic mass is 16.5. The van der Waals surface area contributed by atoms with Crippen molar-refractivity contribution in [2.45, 2.75) is 0 Å². The average Bonchev–Trinajstić information content (AvgIpc) is 2.86. The Bertz CT molecular complexity index is 774. The molecule has 20 heavy (non-hydrogen) atoms. The molecule has 0 saturated carbocycles. The van der Waals surface area contributed by atoms with Crippen LogP contribution in [-0.4, -0.2) is 22.9 Å². The minimum absolute atomic E-state index is 0.815. The van der Waals surface area contributed by atoms with E-state index in [0.717, 1.165) is 28.0 Å². The van der Waals surface area contributed by atoms with Crippen LogP contribution in [0.15, 0.2) is 53.8 Å². The van der Waals surface area contributed by atoms with Gasteiger partial charge in [-0.15, -0.1) is 0 Å². The number of fused-ring (bicyclic) bond motifs is 1. The van der Waals surface area contributed by atoms with Crippen LogP contribution in [0.5, 0.6) is 5.75 Å². The van der Waals surface area contributed by atoms with Crippen molar-refractivity contribution >= 4 is 22.9 Å². The van der Waals surface area contributed by atoms with Crippen molar-refractivity contribution in [2.24, 2.45) is 12.0 Å². The van der Waals surface area contributed by atoms with Crippen LogP contribution in [0.4, 0.5) is 5.69 Å². The Morgan fingerprint density at radius 1 is 1.20 bits per heavy atom. The second-order valence-corrected chi connectivity index (χ2v) is 4.53. The van der Waals surface area contributed by atoms with Crippen LogP contribution >= 0.6 is 0 Å². The van der Waals surface area contributed by atoms with Gasteiger partial charge in [-0.25, -0.2) is 4.98 Å². The van der Waals surface area contributed by atoms with Gasteiger partial charge in [0.1, 0.15) is 5.75 Å². The molecule has 0 bridgehead atoms. The normalized spacial score (nSPS) is 11.3. The molecule has 0 amide bonds. The highest BCUT2D eigenvalue weighted by Crippen LogP contribution is 2.21. The van der Waals surface area contributed by atoms with E-state index in [1.165, 1.54) is 0 Å². The maximum absolute atomic E-state index is 5.30. The predicted molar refractivity (Wildman–Crippen MR) is 81.0 cm³/mol. The van der Waals surface area contributed by atoms with Crippen LogP contribution in [0.3, 0.4) is 0 Å². The molecule has 4 nitrogen and oxygen atoms in total. The first kappa shape index (κ1) is 12.4. The van der Waals surface area contributed by atoms with Crippen LogP contribution in [0.25, 0.3) is 11.0 Å². The Morgan fingerprint density at radius 2 is 2.05 bits per heavy atom. The molecule has 0 unspecified atom stereocenters. The smallest absolute Gasteiger partial charge is 0.127 e. The summed E-state index contributed by atoms with van der Waals surface area (Å²) in [7, 11) is 3.64. The molecular formula is C16H15N3O. The van der Waals surface area contributed by atoms with E-state index in [0.29, 0.717) is 0 Å². The number of hydrogen-bond acceptors (Lipinski definition) is 3. The summed E-state index contributed by atoms with van der Waals surface area (Å²) in [6.07, 6.45) is 3.61. The minimum atomic E-state index is 0.815. The largest absolute Gasteiger partial charge is 0.496 e. The first-order chi connectivity index (χ1) is 9.78. The topological polar surface area (TPSA) is 39.4 Å². The van der Waals surface area contributed by atoms with Gasteiger partial charge in [-0.05, 0) is 30.3 Å². The molecular weight excluding hydrogens is 250 g/mol. The van der Waals surface area contributed by atoms with Gasteiger partial charge in [0, 0.05) is 18.8 Å². The zero-order chi connectivity index (χ0) is 13.9. The molecule has 3 aromatic rings. The Labute approximate surface area is 117 Å². The van der Waals surface area contributed by atoms with E-state index in [1.54, 1.807) is 13.4 Å². The fourth-order valence-corrected chi connectivity index (χ4v) is 2.12. The van der Waals surface area contributed by atoms with E-state index in [9.17, 15) is 0 Å². The van der Waals surface area contributed by atoms with Gasteiger partial charge in [-0.1, -0.05) is 12.1 Å². The van der Waals surface area contributed by atoms with Gasteiger partial charge >= 0.3 is 0 Å². The minimum Gasteiger partial charge on any atom is -0.496 e. The van der Waals surface area contributed by atoms with E-state index >= 15 is 0 Å². The monoisotopic (exact) mass is 265 g/mol. The molecule has 0 fully saturated rings. The number of imidazole rings is 1. The third-order valence-electron chi connectivity index (χ3n) is 3.20. The number of aryl methyl sites for hydroxylation is 1. The van der Waals surface area contributed by atoms with Crippen LogP contribution in [0, 0.1) is 0 Å². The Balaban J connectivity index is 1.94. The number of hydrogen-bond donors (Lipinski definition) is 0. The number of rotatable bonds is 3. The summed E-state index contributed by atoms with van der Waals surface area (Å²) in [5, 5.41) is 0. The van der Waals surface area contributed by atoms with Crippen molar-refractivity contribution < 1.29 is 4.74 Å². The summed E-state index contributed by atoms with van der Waals surface area (Å²) in [5.74, 6) is 0.815. The lowest BCUT2D eigenvalue weighted by atomic mass is 10.2. The average molecular weight is 265 g/mol. The fourth-order valence-electron chi connectivity index (χ4n) is 2.12. The second kappa shape index (κ2) is 5.17. The first-order valence-electron chi connectivity index (χ1n) is 6.36. The third-order valence-corrected chi connectivity index (χ3v) is 3.20. The molecule has 0 saturated heterocycles. The number of methoxy groups -OCH3 is 1. The number of ether oxygens (including phenoxy) is 1. The number of para-hydroxylation sites is 1. The van der Waals surface area contributed by atoms with Crippen molar-refractivity contribution in [3.63, 3.8) is 0 Å². The molecule has 100 valence electrons. The number of benzene rings is 2. The lowest BCUT2D eigenvalue weighted by molar-refractivity contribution is 0.414. The molecule has 3 rings (SSSR count). The van der Waals surface area contributed by atoms with Gasteiger partial charge in [0.25, 0.3) is 0 Å². The van der Waals surface area contributed by atoms with E-state index in [4.69, 9.17) is 4.74 Å². The van der Waals surface area contributed by atoms with Crippen molar-refractivity contribution in [1.82, 2.24) is 9.55 Å².